The van der Waals surface area contributed by atoms with Crippen molar-refractivity contribution >= 4 is 0 Å². The molecule has 0 radical (unpaired) electrons. The van der Waals surface area contributed by atoms with Crippen LogP contribution in [-0.2, 0) is 0 Å². The number of aliphatic hydroxyl groups is 1. The van der Waals surface area contributed by atoms with Gasteiger partial charge in [-0.05, 0) is 31.8 Å². The smallest absolute Gasteiger partial charge is 0.0892 e. The summed E-state index contributed by atoms with van der Waals surface area (Å²) in [6, 6.07) is 0. The Balaban J connectivity index is 3.19. The van der Waals surface area contributed by atoms with Crippen LogP contribution in [0, 0.1) is 0 Å². The minimum absolute atomic E-state index is 0.0730. The van der Waals surface area contributed by atoms with Crippen LogP contribution < -0.4 is 11.5 Å². The van der Waals surface area contributed by atoms with E-state index in [0.717, 1.165) is 32.1 Å². The number of hydrogen-bond donors (Lipinski definition) is 3. The molecule has 126 valence electrons. The number of rotatable bonds is 15. The predicted molar refractivity (Wildman–Crippen MR) is 92.8 cm³/mol. The quantitative estimate of drug-likeness (QED) is 0.387. The third kappa shape index (κ3) is 17.2. The molecule has 0 amide bonds. The molecule has 0 aliphatic heterocycles. The van der Waals surface area contributed by atoms with Gasteiger partial charge in [-0.1, -0.05) is 71.1 Å². The first kappa shape index (κ1) is 20.3. The highest BCUT2D eigenvalue weighted by atomic mass is 16.3. The molecule has 0 aromatic rings. The zero-order chi connectivity index (χ0) is 15.8. The first-order chi connectivity index (χ1) is 10.2. The second-order valence-electron chi connectivity index (χ2n) is 6.26. The number of unbranched alkanes of at least 4 members (excludes halogenated alkanes) is 10. The van der Waals surface area contributed by atoms with Gasteiger partial charge in [0, 0.05) is 0 Å². The Morgan fingerprint density at radius 1 is 0.810 bits per heavy atom. The first-order valence-electron chi connectivity index (χ1n) is 9.06. The summed E-state index contributed by atoms with van der Waals surface area (Å²) in [5, 5.41) is 9.92. The third-order valence-corrected chi connectivity index (χ3v) is 4.01. The summed E-state index contributed by atoms with van der Waals surface area (Å²) in [5.74, 6) is 0.438. The van der Waals surface area contributed by atoms with E-state index in [2.05, 4.69) is 6.92 Å². The van der Waals surface area contributed by atoms with Gasteiger partial charge in [0.1, 0.15) is 0 Å². The van der Waals surface area contributed by atoms with Gasteiger partial charge in [0.25, 0.3) is 0 Å². The second kappa shape index (κ2) is 15.7. The fourth-order valence-corrected chi connectivity index (χ4v) is 2.63. The lowest BCUT2D eigenvalue weighted by Crippen LogP contribution is -2.07. The first-order valence-corrected chi connectivity index (χ1v) is 9.06. The minimum atomic E-state index is -0.0730. The van der Waals surface area contributed by atoms with E-state index in [1.54, 1.807) is 0 Å². The average molecular weight is 299 g/mol. The molecule has 1 unspecified atom stereocenters. The second-order valence-corrected chi connectivity index (χ2v) is 6.26. The van der Waals surface area contributed by atoms with Crippen molar-refractivity contribution in [1.29, 1.82) is 0 Å². The van der Waals surface area contributed by atoms with E-state index < -0.39 is 0 Å². The lowest BCUT2D eigenvalue weighted by Gasteiger charge is -2.10. The van der Waals surface area contributed by atoms with Crippen LogP contribution in [0.4, 0.5) is 0 Å². The van der Waals surface area contributed by atoms with E-state index >= 15 is 0 Å². The van der Waals surface area contributed by atoms with Gasteiger partial charge in [-0.25, -0.2) is 0 Å². The number of hydrogen-bond acceptors (Lipinski definition) is 3. The molecule has 3 heteroatoms. The van der Waals surface area contributed by atoms with Gasteiger partial charge in [-0.2, -0.15) is 0 Å². The normalized spacial score (nSPS) is 12.3. The highest BCUT2D eigenvalue weighted by Crippen LogP contribution is 2.14. The summed E-state index contributed by atoms with van der Waals surface area (Å²) >= 11 is 0. The van der Waals surface area contributed by atoms with Gasteiger partial charge >= 0.3 is 0 Å². The van der Waals surface area contributed by atoms with Crippen molar-refractivity contribution in [3.63, 3.8) is 0 Å². The molecule has 5 N–H and O–H groups in total. The molecule has 3 nitrogen and oxygen atoms in total. The SMILES string of the molecule is CCCCCCCCC(O)CCCCCCCC=C(N)N. The highest BCUT2D eigenvalue weighted by Gasteiger charge is 2.03. The molecule has 0 aromatic heterocycles. The maximum Gasteiger partial charge on any atom is 0.0892 e. The molecule has 0 fully saturated rings. The molecule has 0 aliphatic rings. The maximum atomic E-state index is 9.92. The van der Waals surface area contributed by atoms with Crippen LogP contribution in [-0.4, -0.2) is 11.2 Å². The van der Waals surface area contributed by atoms with Crippen molar-refractivity contribution in [2.45, 2.75) is 103 Å². The minimum Gasteiger partial charge on any atom is -0.393 e. The number of allylic oxidation sites excluding steroid dienone is 1. The molecule has 21 heavy (non-hydrogen) atoms. The largest absolute Gasteiger partial charge is 0.393 e. The van der Waals surface area contributed by atoms with Crippen molar-refractivity contribution < 1.29 is 5.11 Å². The standard InChI is InChI=1S/C18H38N2O/c1-2-3-4-5-8-11-14-17(21)15-12-9-6-7-10-13-16-18(19)20/h16-17,21H,2-15,19-20H2,1H3. The van der Waals surface area contributed by atoms with E-state index in [-0.39, 0.29) is 6.10 Å². The van der Waals surface area contributed by atoms with Crippen LogP contribution >= 0.6 is 0 Å². The van der Waals surface area contributed by atoms with Crippen molar-refractivity contribution in [2.75, 3.05) is 0 Å². The zero-order valence-electron chi connectivity index (χ0n) is 14.2. The van der Waals surface area contributed by atoms with Crippen LogP contribution in [0.25, 0.3) is 0 Å². The Morgan fingerprint density at radius 3 is 1.81 bits per heavy atom. The highest BCUT2D eigenvalue weighted by molar-refractivity contribution is 4.89. The van der Waals surface area contributed by atoms with E-state index in [4.69, 9.17) is 11.5 Å². The topological polar surface area (TPSA) is 72.3 Å². The predicted octanol–water partition coefficient (Wildman–Crippen LogP) is 4.59. The van der Waals surface area contributed by atoms with Gasteiger partial charge < -0.3 is 16.6 Å². The van der Waals surface area contributed by atoms with E-state index in [0.29, 0.717) is 5.82 Å². The van der Waals surface area contributed by atoms with Gasteiger partial charge in [0.05, 0.1) is 11.9 Å². The monoisotopic (exact) mass is 298 g/mol. The summed E-state index contributed by atoms with van der Waals surface area (Å²) in [7, 11) is 0. The zero-order valence-corrected chi connectivity index (χ0v) is 14.2. The summed E-state index contributed by atoms with van der Waals surface area (Å²) in [6.07, 6.45) is 18.7. The molecule has 1 atom stereocenters. The van der Waals surface area contributed by atoms with Gasteiger partial charge in [-0.15, -0.1) is 0 Å². The number of aliphatic hydroxyl groups excluding tert-OH is 1. The summed E-state index contributed by atoms with van der Waals surface area (Å²) in [6.45, 7) is 2.24. The fourth-order valence-electron chi connectivity index (χ4n) is 2.63. The molecular weight excluding hydrogens is 260 g/mol. The van der Waals surface area contributed by atoms with Crippen LogP contribution in [0.1, 0.15) is 96.8 Å². The van der Waals surface area contributed by atoms with Crippen molar-refractivity contribution in [3.05, 3.63) is 11.9 Å². The lowest BCUT2D eigenvalue weighted by atomic mass is 10.0. The fraction of sp³-hybridized carbons (Fsp3) is 0.889. The molecular formula is C18H38N2O. The average Bonchev–Trinajstić information content (AvgIpc) is 2.45. The Hall–Kier alpha value is -0.700. The molecule has 0 saturated carbocycles. The molecule has 0 aromatic carbocycles. The van der Waals surface area contributed by atoms with Gasteiger partial charge in [0.15, 0.2) is 0 Å². The molecule has 0 rings (SSSR count). The molecule has 0 aliphatic carbocycles. The van der Waals surface area contributed by atoms with Crippen LogP contribution in [0.2, 0.25) is 0 Å². The van der Waals surface area contributed by atoms with Gasteiger partial charge in [-0.3, -0.25) is 0 Å². The maximum absolute atomic E-state index is 9.92. The Labute approximate surface area is 132 Å². The molecule has 0 bridgehead atoms. The van der Waals surface area contributed by atoms with Crippen molar-refractivity contribution in [2.24, 2.45) is 11.5 Å². The number of nitrogens with two attached hydrogens (primary N) is 2. The molecule has 0 heterocycles. The van der Waals surface area contributed by atoms with Gasteiger partial charge in [0.2, 0.25) is 0 Å². The van der Waals surface area contributed by atoms with Crippen molar-refractivity contribution in [3.8, 4) is 0 Å². The Morgan fingerprint density at radius 2 is 1.29 bits per heavy atom. The van der Waals surface area contributed by atoms with Crippen LogP contribution in [0.3, 0.4) is 0 Å². The van der Waals surface area contributed by atoms with E-state index in [9.17, 15) is 5.11 Å². The van der Waals surface area contributed by atoms with Crippen LogP contribution in [0.15, 0.2) is 11.9 Å². The molecule has 0 spiro atoms. The summed E-state index contributed by atoms with van der Waals surface area (Å²) < 4.78 is 0. The third-order valence-electron chi connectivity index (χ3n) is 4.01. The Bertz CT molecular complexity index is 237. The van der Waals surface area contributed by atoms with Crippen molar-refractivity contribution in [1.82, 2.24) is 0 Å². The summed E-state index contributed by atoms with van der Waals surface area (Å²) in [4.78, 5) is 0. The lowest BCUT2D eigenvalue weighted by molar-refractivity contribution is 0.147. The van der Waals surface area contributed by atoms with E-state index in [1.807, 2.05) is 6.08 Å². The Kier molecular flexibility index (Phi) is 15.2. The summed E-state index contributed by atoms with van der Waals surface area (Å²) in [5.41, 5.74) is 10.7. The van der Waals surface area contributed by atoms with Crippen LogP contribution in [0.5, 0.6) is 0 Å². The molecule has 0 saturated heterocycles. The van der Waals surface area contributed by atoms with E-state index in [1.165, 1.54) is 57.8 Å².